The fourth-order valence-electron chi connectivity index (χ4n) is 7.99. The molecule has 9 heteroatoms. The number of halogens is 1. The van der Waals surface area contributed by atoms with Gasteiger partial charge in [0.05, 0.1) is 39.9 Å². The summed E-state index contributed by atoms with van der Waals surface area (Å²) in [5, 5.41) is 11.1. The highest BCUT2D eigenvalue weighted by Crippen LogP contribution is 2.72. The number of amides is 3. The van der Waals surface area contributed by atoms with E-state index in [1.807, 2.05) is 63.2 Å². The van der Waals surface area contributed by atoms with Gasteiger partial charge in [0.25, 0.3) is 5.91 Å². The smallest absolute Gasteiger partial charge is 0.251 e. The number of aryl methyl sites for hydroxylation is 1. The van der Waals surface area contributed by atoms with Crippen molar-refractivity contribution < 1.29 is 19.5 Å². The van der Waals surface area contributed by atoms with Crippen molar-refractivity contribution >= 4 is 52.5 Å². The first-order valence-electron chi connectivity index (χ1n) is 15.7. The lowest BCUT2D eigenvalue weighted by Crippen LogP contribution is -2.58. The molecule has 45 heavy (non-hydrogen) atoms. The van der Waals surface area contributed by atoms with Crippen LogP contribution in [0.1, 0.15) is 45.6 Å². The molecule has 0 aliphatic carbocycles. The van der Waals surface area contributed by atoms with Gasteiger partial charge in [-0.05, 0) is 62.8 Å². The number of aliphatic hydroxyl groups excluding tert-OH is 1. The number of carbonyl (C=O) groups excluding carboxylic acids is 3. The third-order valence-corrected chi connectivity index (χ3v) is 12.0. The molecule has 5 rings (SSSR count). The standard InChI is InChI=1S/C36H44ClN3O4S/c1-7-19-38(25-14-10-9-11-15-25)32(42)28-29-33(43)40(26(22-41)21-23(3)4)31(36(29)18-17-35(28,6)45-36)34(44)39(20-8-2)30-24(5)13-12-16-27(30)37/h7-16,23,26,28-29,31,41H,1-2,17-22H2,3-6H3/t26-,28-,29+,31?,35+,36?/m1/s1. The van der Waals surface area contributed by atoms with Gasteiger partial charge in [0, 0.05) is 23.5 Å². The van der Waals surface area contributed by atoms with E-state index in [9.17, 15) is 14.7 Å². The molecular weight excluding hydrogens is 606 g/mol. The van der Waals surface area contributed by atoms with Crippen LogP contribution in [-0.2, 0) is 14.4 Å². The van der Waals surface area contributed by atoms with Crippen LogP contribution < -0.4 is 9.80 Å². The quantitative estimate of drug-likeness (QED) is 0.274. The molecule has 3 saturated heterocycles. The largest absolute Gasteiger partial charge is 0.394 e. The molecule has 7 nitrogen and oxygen atoms in total. The number of thioether (sulfide) groups is 1. The van der Waals surface area contributed by atoms with Crippen molar-refractivity contribution in [3.63, 3.8) is 0 Å². The normalized spacial score (nSPS) is 27.4. The summed E-state index contributed by atoms with van der Waals surface area (Å²) in [4.78, 5) is 49.6. The third-order valence-electron chi connectivity index (χ3n) is 9.74. The van der Waals surface area contributed by atoms with Gasteiger partial charge in [-0.25, -0.2) is 0 Å². The van der Waals surface area contributed by atoms with Crippen molar-refractivity contribution in [2.75, 3.05) is 29.5 Å². The maximum Gasteiger partial charge on any atom is 0.251 e. The number of para-hydroxylation sites is 2. The van der Waals surface area contributed by atoms with Gasteiger partial charge in [-0.2, -0.15) is 0 Å². The van der Waals surface area contributed by atoms with Gasteiger partial charge >= 0.3 is 0 Å². The van der Waals surface area contributed by atoms with Crippen LogP contribution in [0.25, 0.3) is 0 Å². The predicted octanol–water partition coefficient (Wildman–Crippen LogP) is 6.27. The molecule has 240 valence electrons. The average molecular weight is 650 g/mol. The van der Waals surface area contributed by atoms with Gasteiger partial charge in [0.2, 0.25) is 11.8 Å². The molecular formula is C36H44ClN3O4S. The lowest BCUT2D eigenvalue weighted by atomic mass is 9.66. The lowest BCUT2D eigenvalue weighted by molar-refractivity contribution is -0.142. The second-order valence-corrected chi connectivity index (χ2v) is 15.5. The summed E-state index contributed by atoms with van der Waals surface area (Å²) in [6.07, 6.45) is 5.18. The Morgan fingerprint density at radius 3 is 2.33 bits per heavy atom. The van der Waals surface area contributed by atoms with E-state index >= 15 is 4.79 Å². The number of rotatable bonds is 12. The molecule has 3 aliphatic rings. The molecule has 0 aromatic heterocycles. The number of hydrogen-bond acceptors (Lipinski definition) is 5. The zero-order valence-electron chi connectivity index (χ0n) is 26.6. The van der Waals surface area contributed by atoms with Crippen molar-refractivity contribution in [2.45, 2.75) is 68.5 Å². The van der Waals surface area contributed by atoms with E-state index in [0.29, 0.717) is 36.5 Å². The molecule has 6 atom stereocenters. The molecule has 2 unspecified atom stereocenters. The molecule has 2 aromatic rings. The van der Waals surface area contributed by atoms with Crippen molar-refractivity contribution in [1.29, 1.82) is 0 Å². The van der Waals surface area contributed by atoms with Crippen LogP contribution in [0.3, 0.4) is 0 Å². The summed E-state index contributed by atoms with van der Waals surface area (Å²) < 4.78 is -1.40. The van der Waals surface area contributed by atoms with Gasteiger partial charge in [0.1, 0.15) is 6.04 Å². The number of carbonyl (C=O) groups is 3. The molecule has 3 fully saturated rings. The van der Waals surface area contributed by atoms with Crippen LogP contribution in [-0.4, -0.2) is 69.0 Å². The fraction of sp³-hybridized carbons (Fsp3) is 0.472. The van der Waals surface area contributed by atoms with Crippen molar-refractivity contribution in [1.82, 2.24) is 4.90 Å². The van der Waals surface area contributed by atoms with Crippen molar-refractivity contribution in [3.05, 3.63) is 84.4 Å². The van der Waals surface area contributed by atoms with Crippen molar-refractivity contribution in [2.24, 2.45) is 17.8 Å². The van der Waals surface area contributed by atoms with Gasteiger partial charge in [0.15, 0.2) is 0 Å². The average Bonchev–Trinajstić information content (AvgIpc) is 3.58. The number of hydrogen-bond donors (Lipinski definition) is 1. The minimum atomic E-state index is -0.893. The van der Waals surface area contributed by atoms with Gasteiger partial charge in [-0.3, -0.25) is 14.4 Å². The molecule has 3 amide bonds. The van der Waals surface area contributed by atoms with Crippen molar-refractivity contribution in [3.8, 4) is 0 Å². The number of benzene rings is 2. The minimum absolute atomic E-state index is 0.140. The van der Waals surface area contributed by atoms with E-state index in [0.717, 1.165) is 11.3 Å². The van der Waals surface area contributed by atoms with Crippen LogP contribution >= 0.6 is 23.4 Å². The number of nitrogens with zero attached hydrogens (tertiary/aromatic N) is 3. The lowest BCUT2D eigenvalue weighted by Gasteiger charge is -2.40. The molecule has 2 aromatic carbocycles. The van der Waals surface area contributed by atoms with E-state index in [1.165, 1.54) is 0 Å². The van der Waals surface area contributed by atoms with E-state index in [1.54, 1.807) is 44.7 Å². The zero-order chi connectivity index (χ0) is 32.7. The molecule has 0 radical (unpaired) electrons. The van der Waals surface area contributed by atoms with Crippen LogP contribution in [0.4, 0.5) is 11.4 Å². The Kier molecular flexibility index (Phi) is 9.60. The second-order valence-electron chi connectivity index (χ2n) is 13.2. The summed E-state index contributed by atoms with van der Waals surface area (Å²) >= 11 is 8.35. The number of anilines is 2. The highest BCUT2D eigenvalue weighted by Gasteiger charge is 2.78. The second kappa shape index (κ2) is 13.0. The first kappa shape index (κ1) is 33.3. The summed E-state index contributed by atoms with van der Waals surface area (Å²) in [7, 11) is 0. The highest BCUT2D eigenvalue weighted by molar-refractivity contribution is 8.02. The topological polar surface area (TPSA) is 81.2 Å². The molecule has 1 spiro atoms. The maximum atomic E-state index is 15.1. The number of fused-ring (bicyclic) bond motifs is 1. The molecule has 3 aliphatic heterocycles. The van der Waals surface area contributed by atoms with Crippen LogP contribution in [0.2, 0.25) is 5.02 Å². The van der Waals surface area contributed by atoms with Crippen LogP contribution in [0.5, 0.6) is 0 Å². The fourth-order valence-corrected chi connectivity index (χ4v) is 10.6. The van der Waals surface area contributed by atoms with E-state index < -0.39 is 33.4 Å². The van der Waals surface area contributed by atoms with Crippen LogP contribution in [0.15, 0.2) is 73.8 Å². The van der Waals surface area contributed by atoms with Gasteiger partial charge in [-0.15, -0.1) is 24.9 Å². The van der Waals surface area contributed by atoms with Gasteiger partial charge < -0.3 is 19.8 Å². The maximum absolute atomic E-state index is 15.1. The highest BCUT2D eigenvalue weighted by atomic mass is 35.5. The monoisotopic (exact) mass is 649 g/mol. The minimum Gasteiger partial charge on any atom is -0.394 e. The van der Waals surface area contributed by atoms with Gasteiger partial charge in [-0.1, -0.05) is 67.9 Å². The first-order valence-corrected chi connectivity index (χ1v) is 16.9. The molecule has 3 heterocycles. The zero-order valence-corrected chi connectivity index (χ0v) is 28.2. The van der Waals surface area contributed by atoms with Crippen LogP contribution in [0, 0.1) is 24.7 Å². The molecule has 1 N–H and O–H groups in total. The summed E-state index contributed by atoms with van der Waals surface area (Å²) in [5.74, 6) is -1.85. The molecule has 0 saturated carbocycles. The number of likely N-dealkylation sites (tertiary alicyclic amines) is 1. The Morgan fingerprint density at radius 2 is 1.73 bits per heavy atom. The summed E-state index contributed by atoms with van der Waals surface area (Å²) in [6, 6.07) is 13.5. The van der Waals surface area contributed by atoms with E-state index in [-0.39, 0.29) is 36.8 Å². The summed E-state index contributed by atoms with van der Waals surface area (Å²) in [5.41, 5.74) is 2.15. The molecule has 2 bridgehead atoms. The Morgan fingerprint density at radius 1 is 1.07 bits per heavy atom. The Hall–Kier alpha value is -3.07. The predicted molar refractivity (Wildman–Crippen MR) is 184 cm³/mol. The summed E-state index contributed by atoms with van der Waals surface area (Å²) in [6.45, 7) is 16.1. The Bertz CT molecular complexity index is 1460. The van der Waals surface area contributed by atoms with E-state index in [2.05, 4.69) is 20.1 Å². The SMILES string of the molecule is C=CCN(C(=O)[C@H]1[C@H]2C(=O)N([C@@H](CO)CC(C)C)C(C(=O)N(CC=C)c3c(C)cccc3Cl)C23CC[C@]1(C)S3)c1ccccc1. The first-order chi connectivity index (χ1) is 21.5. The third kappa shape index (κ3) is 5.53. The van der Waals surface area contributed by atoms with E-state index in [4.69, 9.17) is 11.6 Å². The Labute approximate surface area is 276 Å². The Balaban J connectivity index is 1.66. The number of aliphatic hydroxyl groups is 1.